The third kappa shape index (κ3) is 2.17. The highest BCUT2D eigenvalue weighted by Gasteiger charge is 2.34. The molecule has 1 aliphatic rings. The summed E-state index contributed by atoms with van der Waals surface area (Å²) in [7, 11) is 1.84. The minimum atomic E-state index is -0.650. The van der Waals surface area contributed by atoms with Crippen LogP contribution >= 0.6 is 0 Å². The Morgan fingerprint density at radius 2 is 2.31 bits per heavy atom. The molecule has 2 heterocycles. The van der Waals surface area contributed by atoms with Crippen LogP contribution < -0.4 is 10.2 Å². The predicted octanol–water partition coefficient (Wildman–Crippen LogP) is 0.311. The number of aromatic nitrogens is 2. The molecule has 0 amide bonds. The molecule has 2 rings (SSSR count). The zero-order chi connectivity index (χ0) is 11.8. The van der Waals surface area contributed by atoms with Gasteiger partial charge >= 0.3 is 6.01 Å². The van der Waals surface area contributed by atoms with Crippen LogP contribution in [0.4, 0.5) is 6.01 Å². The first kappa shape index (κ1) is 11.3. The number of nitrogens with zero attached hydrogens (tertiary/aromatic N) is 3. The summed E-state index contributed by atoms with van der Waals surface area (Å²) in [6.07, 6.45) is 0.728. The summed E-state index contributed by atoms with van der Waals surface area (Å²) < 4.78 is 5.54. The maximum Gasteiger partial charge on any atom is 0.318 e. The smallest absolute Gasteiger partial charge is 0.318 e. The van der Waals surface area contributed by atoms with E-state index >= 15 is 0 Å². The van der Waals surface area contributed by atoms with Crippen LogP contribution in [0.2, 0.25) is 0 Å². The van der Waals surface area contributed by atoms with Crippen molar-refractivity contribution in [1.82, 2.24) is 15.5 Å². The van der Waals surface area contributed by atoms with Crippen molar-refractivity contribution in [2.24, 2.45) is 0 Å². The van der Waals surface area contributed by atoms with Crippen molar-refractivity contribution in [3.63, 3.8) is 0 Å². The Balaban J connectivity index is 2.08. The first-order valence-electron chi connectivity index (χ1n) is 5.50. The van der Waals surface area contributed by atoms with Crippen LogP contribution in [-0.4, -0.2) is 41.0 Å². The fraction of sp³-hybridized carbons (Fsp3) is 0.800. The quantitative estimate of drug-likeness (QED) is 0.772. The zero-order valence-corrected chi connectivity index (χ0v) is 9.90. The Kier molecular flexibility index (Phi) is 2.86. The van der Waals surface area contributed by atoms with Crippen molar-refractivity contribution >= 4 is 6.01 Å². The SMILES string of the molecule is CNC(C)c1nnc(N2CCC(C)(O)C2)o1. The van der Waals surface area contributed by atoms with Crippen LogP contribution in [0.5, 0.6) is 0 Å². The van der Waals surface area contributed by atoms with E-state index in [1.807, 2.05) is 25.8 Å². The molecule has 1 aliphatic heterocycles. The number of β-amino-alcohol motifs (C(OH)–C–C–N with tert-alkyl or cyclic N) is 1. The largest absolute Gasteiger partial charge is 0.406 e. The van der Waals surface area contributed by atoms with Crippen molar-refractivity contribution in [3.8, 4) is 0 Å². The van der Waals surface area contributed by atoms with Gasteiger partial charge in [0.2, 0.25) is 5.89 Å². The van der Waals surface area contributed by atoms with E-state index < -0.39 is 5.60 Å². The average molecular weight is 226 g/mol. The predicted molar refractivity (Wildman–Crippen MR) is 59.2 cm³/mol. The average Bonchev–Trinajstić information content (AvgIpc) is 2.83. The Morgan fingerprint density at radius 3 is 2.88 bits per heavy atom. The molecular formula is C10H18N4O2. The monoisotopic (exact) mass is 226 g/mol. The molecule has 0 radical (unpaired) electrons. The first-order valence-corrected chi connectivity index (χ1v) is 5.50. The Bertz CT molecular complexity index is 363. The van der Waals surface area contributed by atoms with E-state index in [1.165, 1.54) is 0 Å². The molecule has 0 aromatic carbocycles. The Hall–Kier alpha value is -1.14. The van der Waals surface area contributed by atoms with E-state index in [4.69, 9.17) is 4.42 Å². The summed E-state index contributed by atoms with van der Waals surface area (Å²) in [5, 5.41) is 20.8. The normalized spacial score (nSPS) is 27.4. The van der Waals surface area contributed by atoms with Gasteiger partial charge < -0.3 is 19.7 Å². The van der Waals surface area contributed by atoms with E-state index in [2.05, 4.69) is 15.5 Å². The van der Waals surface area contributed by atoms with E-state index in [-0.39, 0.29) is 6.04 Å². The lowest BCUT2D eigenvalue weighted by Gasteiger charge is -2.16. The van der Waals surface area contributed by atoms with Gasteiger partial charge in [-0.1, -0.05) is 5.10 Å². The third-order valence-corrected chi connectivity index (χ3v) is 2.96. The summed E-state index contributed by atoms with van der Waals surface area (Å²) in [5.41, 5.74) is -0.650. The molecule has 0 saturated carbocycles. The van der Waals surface area contributed by atoms with E-state index in [1.54, 1.807) is 0 Å². The van der Waals surface area contributed by atoms with Gasteiger partial charge in [0.05, 0.1) is 18.2 Å². The topological polar surface area (TPSA) is 74.4 Å². The van der Waals surface area contributed by atoms with E-state index in [9.17, 15) is 5.11 Å². The second kappa shape index (κ2) is 4.03. The lowest BCUT2D eigenvalue weighted by Crippen LogP contribution is -2.29. The van der Waals surface area contributed by atoms with Crippen LogP contribution in [0, 0.1) is 0 Å². The maximum absolute atomic E-state index is 9.84. The fourth-order valence-corrected chi connectivity index (χ4v) is 1.76. The summed E-state index contributed by atoms with van der Waals surface area (Å²) in [6.45, 7) is 5.07. The number of anilines is 1. The van der Waals surface area contributed by atoms with Gasteiger partial charge in [-0.15, -0.1) is 5.10 Å². The first-order chi connectivity index (χ1) is 7.52. The lowest BCUT2D eigenvalue weighted by atomic mass is 10.1. The van der Waals surface area contributed by atoms with Crippen LogP contribution in [0.25, 0.3) is 0 Å². The van der Waals surface area contributed by atoms with Crippen molar-refractivity contribution in [2.45, 2.75) is 31.9 Å². The van der Waals surface area contributed by atoms with Crippen LogP contribution in [0.3, 0.4) is 0 Å². The third-order valence-electron chi connectivity index (χ3n) is 2.96. The molecule has 1 aromatic rings. The summed E-state index contributed by atoms with van der Waals surface area (Å²) in [6, 6.07) is 0.541. The highest BCUT2D eigenvalue weighted by Crippen LogP contribution is 2.26. The summed E-state index contributed by atoms with van der Waals surface area (Å²) in [5.74, 6) is 0.573. The molecule has 2 unspecified atom stereocenters. The van der Waals surface area contributed by atoms with Gasteiger partial charge in [-0.2, -0.15) is 0 Å². The molecule has 6 nitrogen and oxygen atoms in total. The van der Waals surface area contributed by atoms with Gasteiger partial charge in [0.1, 0.15) is 0 Å². The molecule has 2 N–H and O–H groups in total. The molecule has 0 aliphatic carbocycles. The summed E-state index contributed by atoms with van der Waals surface area (Å²) in [4.78, 5) is 1.92. The number of nitrogens with one attached hydrogen (secondary N) is 1. The second-order valence-electron chi connectivity index (χ2n) is 4.60. The van der Waals surface area contributed by atoms with Crippen LogP contribution in [-0.2, 0) is 0 Å². The molecule has 1 saturated heterocycles. The number of aliphatic hydroxyl groups is 1. The van der Waals surface area contributed by atoms with Crippen molar-refractivity contribution < 1.29 is 9.52 Å². The van der Waals surface area contributed by atoms with Gasteiger partial charge in [0.25, 0.3) is 0 Å². The minimum absolute atomic E-state index is 0.0457. The Morgan fingerprint density at radius 1 is 1.56 bits per heavy atom. The van der Waals surface area contributed by atoms with E-state index in [0.717, 1.165) is 13.0 Å². The maximum atomic E-state index is 9.84. The molecule has 1 aromatic heterocycles. The van der Waals surface area contributed by atoms with Gasteiger partial charge in [-0.25, -0.2) is 0 Å². The van der Waals surface area contributed by atoms with Crippen molar-refractivity contribution in [1.29, 1.82) is 0 Å². The van der Waals surface area contributed by atoms with Crippen LogP contribution in [0.1, 0.15) is 32.2 Å². The number of hydrogen-bond donors (Lipinski definition) is 2. The molecule has 16 heavy (non-hydrogen) atoms. The molecular weight excluding hydrogens is 208 g/mol. The molecule has 1 fully saturated rings. The second-order valence-corrected chi connectivity index (χ2v) is 4.60. The minimum Gasteiger partial charge on any atom is -0.406 e. The van der Waals surface area contributed by atoms with E-state index in [0.29, 0.717) is 18.5 Å². The molecule has 0 bridgehead atoms. The molecule has 6 heteroatoms. The lowest BCUT2D eigenvalue weighted by molar-refractivity contribution is 0.0836. The number of hydrogen-bond acceptors (Lipinski definition) is 6. The standard InChI is InChI=1S/C10H18N4O2/c1-7(11-3)8-12-13-9(16-8)14-5-4-10(2,15)6-14/h7,11,15H,4-6H2,1-3H3. The highest BCUT2D eigenvalue weighted by molar-refractivity contribution is 5.28. The zero-order valence-electron chi connectivity index (χ0n) is 9.90. The van der Waals surface area contributed by atoms with Crippen molar-refractivity contribution in [3.05, 3.63) is 5.89 Å². The van der Waals surface area contributed by atoms with Gasteiger partial charge in [-0.3, -0.25) is 0 Å². The van der Waals surface area contributed by atoms with Gasteiger partial charge in [-0.05, 0) is 27.3 Å². The fourth-order valence-electron chi connectivity index (χ4n) is 1.76. The molecule has 0 spiro atoms. The molecule has 2 atom stereocenters. The van der Waals surface area contributed by atoms with Crippen molar-refractivity contribution in [2.75, 3.05) is 25.0 Å². The number of rotatable bonds is 3. The van der Waals surface area contributed by atoms with Gasteiger partial charge in [0, 0.05) is 6.54 Å². The molecule has 90 valence electrons. The highest BCUT2D eigenvalue weighted by atomic mass is 16.4. The Labute approximate surface area is 94.7 Å². The van der Waals surface area contributed by atoms with Gasteiger partial charge in [0.15, 0.2) is 0 Å². The summed E-state index contributed by atoms with van der Waals surface area (Å²) >= 11 is 0. The van der Waals surface area contributed by atoms with Crippen LogP contribution in [0.15, 0.2) is 4.42 Å².